The molecule has 2 fully saturated rings. The Morgan fingerprint density at radius 2 is 1.89 bits per heavy atom. The molecule has 2 saturated heterocycles. The average Bonchev–Trinajstić information content (AvgIpc) is 3.48. The number of carbonyl (C=O) groups excluding carboxylic acids is 3. The second-order valence-corrected chi connectivity index (χ2v) is 9.78. The van der Waals surface area contributed by atoms with Crippen LogP contribution in [0.1, 0.15) is 29.6 Å². The van der Waals surface area contributed by atoms with Crippen LogP contribution in [0.4, 0.5) is 10.8 Å². The molecule has 3 aromatic rings. The molecular weight excluding hydrogens is 480 g/mol. The predicted molar refractivity (Wildman–Crippen MR) is 138 cm³/mol. The first-order valence-corrected chi connectivity index (χ1v) is 12.9. The van der Waals surface area contributed by atoms with Crippen molar-refractivity contribution in [3.63, 3.8) is 0 Å². The van der Waals surface area contributed by atoms with E-state index >= 15 is 0 Å². The third kappa shape index (κ3) is 5.11. The Morgan fingerprint density at radius 1 is 1.11 bits per heavy atom. The van der Waals surface area contributed by atoms with Crippen molar-refractivity contribution in [2.75, 3.05) is 56.3 Å². The second-order valence-electron chi connectivity index (χ2n) is 8.77. The zero-order valence-corrected chi connectivity index (χ0v) is 21.0. The number of hydrogen-bond donors (Lipinski definition) is 0. The third-order valence-electron chi connectivity index (χ3n) is 6.42. The molecule has 3 amide bonds. The maximum absolute atomic E-state index is 13.8. The van der Waals surface area contributed by atoms with Gasteiger partial charge in [0.1, 0.15) is 5.75 Å². The number of amides is 3. The number of ether oxygens (including phenoxy) is 2. The second kappa shape index (κ2) is 10.7. The summed E-state index contributed by atoms with van der Waals surface area (Å²) in [5.74, 6) is 0.000286. The summed E-state index contributed by atoms with van der Waals surface area (Å²) in [6, 6.07) is 12.4. The van der Waals surface area contributed by atoms with Gasteiger partial charge in [0.05, 0.1) is 36.2 Å². The number of methoxy groups -OCH3 is 1. The molecule has 0 spiro atoms. The van der Waals surface area contributed by atoms with Crippen LogP contribution in [-0.2, 0) is 14.3 Å². The van der Waals surface area contributed by atoms with E-state index in [1.807, 2.05) is 18.2 Å². The standard InChI is InChI=1S/C26H28N4O5S/c1-34-20-6-7-22-21(17-20)27-26(36-22)29(11-3-10-28-12-14-35-15-13-28)25(33)18-4-2-5-19(16-18)30-23(31)8-9-24(30)32/h2,4-7,16-17H,3,8-15H2,1H3. The highest BCUT2D eigenvalue weighted by atomic mass is 32.1. The first-order valence-electron chi connectivity index (χ1n) is 12.1. The van der Waals surface area contributed by atoms with Crippen molar-refractivity contribution in [1.29, 1.82) is 0 Å². The zero-order chi connectivity index (χ0) is 25.1. The molecular formula is C26H28N4O5S. The molecule has 5 rings (SSSR count). The highest BCUT2D eigenvalue weighted by Crippen LogP contribution is 2.33. The van der Waals surface area contributed by atoms with Gasteiger partial charge in [0.2, 0.25) is 11.8 Å². The van der Waals surface area contributed by atoms with Gasteiger partial charge < -0.3 is 9.47 Å². The van der Waals surface area contributed by atoms with Crippen LogP contribution >= 0.6 is 11.3 Å². The Hall–Kier alpha value is -3.34. The summed E-state index contributed by atoms with van der Waals surface area (Å²) in [6.07, 6.45) is 1.16. The molecule has 0 saturated carbocycles. The smallest absolute Gasteiger partial charge is 0.260 e. The van der Waals surface area contributed by atoms with Crippen LogP contribution in [0.25, 0.3) is 10.2 Å². The van der Waals surface area contributed by atoms with Crippen molar-refractivity contribution >= 4 is 50.1 Å². The molecule has 9 nitrogen and oxygen atoms in total. The van der Waals surface area contributed by atoms with E-state index in [1.54, 1.807) is 36.3 Å². The maximum atomic E-state index is 13.8. The van der Waals surface area contributed by atoms with Gasteiger partial charge in [-0.25, -0.2) is 4.98 Å². The van der Waals surface area contributed by atoms with Crippen molar-refractivity contribution in [3.05, 3.63) is 48.0 Å². The number of morpholine rings is 1. The number of fused-ring (bicyclic) bond motifs is 1. The van der Waals surface area contributed by atoms with Gasteiger partial charge in [-0.2, -0.15) is 0 Å². The van der Waals surface area contributed by atoms with Crippen molar-refractivity contribution in [3.8, 4) is 5.75 Å². The predicted octanol–water partition coefficient (Wildman–Crippen LogP) is 3.33. The summed E-state index contributed by atoms with van der Waals surface area (Å²) < 4.78 is 11.7. The van der Waals surface area contributed by atoms with Crippen molar-refractivity contribution in [2.45, 2.75) is 19.3 Å². The van der Waals surface area contributed by atoms with E-state index in [0.717, 1.165) is 49.5 Å². The van der Waals surface area contributed by atoms with E-state index in [0.29, 0.717) is 28.7 Å². The molecule has 0 radical (unpaired) electrons. The first-order chi connectivity index (χ1) is 17.5. The van der Waals surface area contributed by atoms with Crippen LogP contribution in [0.2, 0.25) is 0 Å². The summed E-state index contributed by atoms with van der Waals surface area (Å²) in [6.45, 7) is 4.55. The molecule has 10 heteroatoms. The Labute approximate surface area is 213 Å². The lowest BCUT2D eigenvalue weighted by molar-refractivity contribution is -0.121. The molecule has 36 heavy (non-hydrogen) atoms. The van der Waals surface area contributed by atoms with Gasteiger partial charge in [-0.1, -0.05) is 17.4 Å². The fourth-order valence-corrected chi connectivity index (χ4v) is 5.47. The number of imide groups is 1. The van der Waals surface area contributed by atoms with E-state index in [1.165, 1.54) is 16.2 Å². The molecule has 1 aromatic heterocycles. The SMILES string of the molecule is COc1ccc2sc(N(CCCN3CCOCC3)C(=O)c3cccc(N4C(=O)CCC4=O)c3)nc2c1. The summed E-state index contributed by atoms with van der Waals surface area (Å²) in [5, 5.41) is 0.601. The largest absolute Gasteiger partial charge is 0.497 e. The Kier molecular flexibility index (Phi) is 7.26. The molecule has 0 bridgehead atoms. The minimum absolute atomic E-state index is 0.194. The van der Waals surface area contributed by atoms with E-state index in [9.17, 15) is 14.4 Å². The van der Waals surface area contributed by atoms with Crippen molar-refractivity contribution in [1.82, 2.24) is 9.88 Å². The lowest BCUT2D eigenvalue weighted by Crippen LogP contribution is -2.39. The molecule has 2 aliphatic heterocycles. The highest BCUT2D eigenvalue weighted by molar-refractivity contribution is 7.22. The minimum atomic E-state index is -0.243. The quantitative estimate of drug-likeness (QED) is 0.431. The minimum Gasteiger partial charge on any atom is -0.497 e. The molecule has 2 aliphatic rings. The van der Waals surface area contributed by atoms with Crippen molar-refractivity contribution < 1.29 is 23.9 Å². The summed E-state index contributed by atoms with van der Waals surface area (Å²) >= 11 is 1.45. The molecule has 0 aliphatic carbocycles. The number of anilines is 2. The van der Waals surface area contributed by atoms with E-state index in [-0.39, 0.29) is 30.6 Å². The number of benzene rings is 2. The van der Waals surface area contributed by atoms with Crippen LogP contribution in [0.3, 0.4) is 0 Å². The highest BCUT2D eigenvalue weighted by Gasteiger charge is 2.31. The van der Waals surface area contributed by atoms with Crippen LogP contribution in [0, 0.1) is 0 Å². The fourth-order valence-electron chi connectivity index (χ4n) is 4.50. The van der Waals surface area contributed by atoms with E-state index in [4.69, 9.17) is 14.5 Å². The lowest BCUT2D eigenvalue weighted by atomic mass is 10.1. The molecule has 2 aromatic carbocycles. The molecule has 188 valence electrons. The first kappa shape index (κ1) is 24.4. The Bertz CT molecular complexity index is 1270. The number of nitrogens with zero attached hydrogens (tertiary/aromatic N) is 4. The lowest BCUT2D eigenvalue weighted by Gasteiger charge is -2.28. The number of rotatable bonds is 8. The topological polar surface area (TPSA) is 92.3 Å². The normalized spacial score (nSPS) is 16.6. The van der Waals surface area contributed by atoms with Gasteiger partial charge in [-0.3, -0.25) is 29.1 Å². The number of aromatic nitrogens is 1. The number of thiazole rings is 1. The summed E-state index contributed by atoms with van der Waals surface area (Å²) in [7, 11) is 1.61. The van der Waals surface area contributed by atoms with Gasteiger partial charge in [0.15, 0.2) is 5.13 Å². The molecule has 0 N–H and O–H groups in total. The summed E-state index contributed by atoms with van der Waals surface area (Å²) in [4.78, 5) is 48.2. The van der Waals surface area contributed by atoms with Crippen LogP contribution in [0.5, 0.6) is 5.75 Å². The zero-order valence-electron chi connectivity index (χ0n) is 20.1. The van der Waals surface area contributed by atoms with Crippen LogP contribution < -0.4 is 14.5 Å². The average molecular weight is 509 g/mol. The Balaban J connectivity index is 1.42. The maximum Gasteiger partial charge on any atom is 0.260 e. The van der Waals surface area contributed by atoms with Gasteiger partial charge >= 0.3 is 0 Å². The Morgan fingerprint density at radius 3 is 2.64 bits per heavy atom. The fraction of sp³-hybridized carbons (Fsp3) is 0.385. The van der Waals surface area contributed by atoms with Gasteiger partial charge in [-0.05, 0) is 36.8 Å². The molecule has 0 atom stereocenters. The molecule has 0 unspecified atom stereocenters. The van der Waals surface area contributed by atoms with Crippen LogP contribution in [-0.4, -0.2) is 74.1 Å². The van der Waals surface area contributed by atoms with E-state index < -0.39 is 0 Å². The summed E-state index contributed by atoms with van der Waals surface area (Å²) in [5.41, 5.74) is 1.60. The monoisotopic (exact) mass is 508 g/mol. The number of carbonyl (C=O) groups is 3. The van der Waals surface area contributed by atoms with Gasteiger partial charge in [0.25, 0.3) is 5.91 Å². The van der Waals surface area contributed by atoms with Crippen molar-refractivity contribution in [2.24, 2.45) is 0 Å². The molecule has 3 heterocycles. The number of hydrogen-bond acceptors (Lipinski definition) is 8. The van der Waals surface area contributed by atoms with Crippen LogP contribution in [0.15, 0.2) is 42.5 Å². The van der Waals surface area contributed by atoms with E-state index in [2.05, 4.69) is 4.90 Å². The third-order valence-corrected chi connectivity index (χ3v) is 7.48. The van der Waals surface area contributed by atoms with Gasteiger partial charge in [-0.15, -0.1) is 0 Å². The van der Waals surface area contributed by atoms with Gasteiger partial charge in [0, 0.05) is 50.7 Å².